The lowest BCUT2D eigenvalue weighted by molar-refractivity contribution is -0.111. The van der Waals surface area contributed by atoms with E-state index >= 15 is 0 Å². The van der Waals surface area contributed by atoms with E-state index in [1.165, 1.54) is 0 Å². The molecule has 1 fully saturated rings. The first-order chi connectivity index (χ1) is 9.83. The number of piperidine rings is 1. The minimum absolute atomic E-state index is 0.189. The van der Waals surface area contributed by atoms with Gasteiger partial charge in [-0.1, -0.05) is 0 Å². The van der Waals surface area contributed by atoms with Crippen molar-refractivity contribution in [3.63, 3.8) is 0 Å². The maximum atomic E-state index is 10.8. The number of anilines is 1. The van der Waals surface area contributed by atoms with Crippen LogP contribution in [0.1, 0.15) is 18.4 Å². The second-order valence-electron chi connectivity index (χ2n) is 5.10. The Labute approximate surface area is 117 Å². The van der Waals surface area contributed by atoms with Gasteiger partial charge in [0.2, 0.25) is 0 Å². The van der Waals surface area contributed by atoms with Crippen LogP contribution in [0.4, 0.5) is 5.69 Å². The van der Waals surface area contributed by atoms with E-state index in [-0.39, 0.29) is 5.92 Å². The highest BCUT2D eigenvalue weighted by atomic mass is 16.1. The average Bonchev–Trinajstić information content (AvgIpc) is 2.54. The Morgan fingerprint density at radius 2 is 2.10 bits per heavy atom. The summed E-state index contributed by atoms with van der Waals surface area (Å²) in [4.78, 5) is 17.5. The fourth-order valence-electron chi connectivity index (χ4n) is 2.80. The first kappa shape index (κ1) is 12.6. The second kappa shape index (κ2) is 5.30. The van der Waals surface area contributed by atoms with E-state index in [1.54, 1.807) is 6.20 Å². The Bertz CT molecular complexity index is 682. The lowest BCUT2D eigenvalue weighted by Crippen LogP contribution is -2.34. The molecule has 0 amide bonds. The summed E-state index contributed by atoms with van der Waals surface area (Å²) in [6.07, 6.45) is 4.57. The predicted molar refractivity (Wildman–Crippen MR) is 77.5 cm³/mol. The zero-order valence-corrected chi connectivity index (χ0v) is 11.1. The van der Waals surface area contributed by atoms with Crippen LogP contribution < -0.4 is 4.90 Å². The number of nitriles is 1. The molecule has 1 aliphatic rings. The van der Waals surface area contributed by atoms with Crippen LogP contribution in [0.25, 0.3) is 10.9 Å². The molecule has 0 radical (unpaired) electrons. The molecule has 1 saturated heterocycles. The molecule has 0 bridgehead atoms. The molecule has 100 valence electrons. The fourth-order valence-corrected chi connectivity index (χ4v) is 2.80. The number of carbonyl (C=O) groups is 1. The maximum Gasteiger partial charge on any atom is 0.123 e. The molecule has 2 heterocycles. The Morgan fingerprint density at radius 1 is 1.30 bits per heavy atom. The van der Waals surface area contributed by atoms with Gasteiger partial charge in [-0.05, 0) is 37.1 Å². The number of fused-ring (bicyclic) bond motifs is 1. The van der Waals surface area contributed by atoms with Crippen LogP contribution in [-0.4, -0.2) is 24.4 Å². The minimum Gasteiger partial charge on any atom is -0.371 e. The number of pyridine rings is 1. The highest BCUT2D eigenvalue weighted by Gasteiger charge is 2.20. The molecule has 4 nitrogen and oxygen atoms in total. The van der Waals surface area contributed by atoms with E-state index in [9.17, 15) is 4.79 Å². The smallest absolute Gasteiger partial charge is 0.123 e. The number of rotatable bonds is 2. The first-order valence-corrected chi connectivity index (χ1v) is 6.81. The van der Waals surface area contributed by atoms with Crippen molar-refractivity contribution in [2.45, 2.75) is 12.8 Å². The molecule has 2 aromatic rings. The van der Waals surface area contributed by atoms with Crippen LogP contribution in [0, 0.1) is 17.2 Å². The van der Waals surface area contributed by atoms with Crippen molar-refractivity contribution >= 4 is 22.9 Å². The molecular weight excluding hydrogens is 250 g/mol. The van der Waals surface area contributed by atoms with E-state index < -0.39 is 0 Å². The van der Waals surface area contributed by atoms with Crippen LogP contribution in [0.5, 0.6) is 0 Å². The second-order valence-corrected chi connectivity index (χ2v) is 5.10. The number of aromatic nitrogens is 1. The zero-order chi connectivity index (χ0) is 13.9. The number of carbonyl (C=O) groups excluding carboxylic acids is 1. The molecule has 1 aromatic carbocycles. The third-order valence-corrected chi connectivity index (χ3v) is 3.94. The summed E-state index contributed by atoms with van der Waals surface area (Å²) in [5.74, 6) is 0.189. The van der Waals surface area contributed by atoms with Gasteiger partial charge in [0.05, 0.1) is 11.1 Å². The summed E-state index contributed by atoms with van der Waals surface area (Å²) in [6.45, 7) is 1.75. The Morgan fingerprint density at radius 3 is 2.80 bits per heavy atom. The van der Waals surface area contributed by atoms with Crippen molar-refractivity contribution in [1.82, 2.24) is 4.98 Å². The monoisotopic (exact) mass is 265 g/mol. The van der Waals surface area contributed by atoms with Gasteiger partial charge >= 0.3 is 0 Å². The molecule has 0 atom stereocenters. The number of hydrogen-bond acceptors (Lipinski definition) is 4. The van der Waals surface area contributed by atoms with E-state index in [0.717, 1.165) is 48.8 Å². The van der Waals surface area contributed by atoms with Gasteiger partial charge in [0.1, 0.15) is 12.4 Å². The topological polar surface area (TPSA) is 57.0 Å². The van der Waals surface area contributed by atoms with E-state index in [2.05, 4.69) is 16.0 Å². The molecule has 0 aliphatic carbocycles. The van der Waals surface area contributed by atoms with Gasteiger partial charge in [0, 0.05) is 36.3 Å². The molecular formula is C16H15N3O. The van der Waals surface area contributed by atoms with Crippen molar-refractivity contribution in [2.24, 2.45) is 5.92 Å². The largest absolute Gasteiger partial charge is 0.371 e. The molecule has 4 heteroatoms. The number of nitrogens with zero attached hydrogens (tertiary/aromatic N) is 3. The molecule has 20 heavy (non-hydrogen) atoms. The van der Waals surface area contributed by atoms with Gasteiger partial charge in [0.25, 0.3) is 0 Å². The average molecular weight is 265 g/mol. The number of benzene rings is 1. The summed E-state index contributed by atoms with van der Waals surface area (Å²) in [6, 6.07) is 9.91. The predicted octanol–water partition coefficient (Wildman–Crippen LogP) is 2.52. The Kier molecular flexibility index (Phi) is 3.34. The van der Waals surface area contributed by atoms with Crippen molar-refractivity contribution in [3.8, 4) is 6.07 Å². The van der Waals surface area contributed by atoms with Crippen molar-refractivity contribution in [1.29, 1.82) is 5.26 Å². The van der Waals surface area contributed by atoms with Crippen LogP contribution in [0.15, 0.2) is 30.5 Å². The number of aldehydes is 1. The zero-order valence-electron chi connectivity index (χ0n) is 11.1. The molecule has 0 N–H and O–H groups in total. The Balaban J connectivity index is 2.01. The SMILES string of the molecule is N#Cc1ccc(N2CCC(C=O)CC2)c2cccnc12. The fraction of sp³-hybridized carbons (Fsp3) is 0.312. The van der Waals surface area contributed by atoms with Crippen molar-refractivity contribution < 1.29 is 4.79 Å². The lowest BCUT2D eigenvalue weighted by atomic mass is 9.97. The van der Waals surface area contributed by atoms with Crippen molar-refractivity contribution in [3.05, 3.63) is 36.0 Å². The van der Waals surface area contributed by atoms with E-state index in [0.29, 0.717) is 5.56 Å². The van der Waals surface area contributed by atoms with Gasteiger partial charge in [-0.15, -0.1) is 0 Å². The summed E-state index contributed by atoms with van der Waals surface area (Å²) in [7, 11) is 0. The third kappa shape index (κ3) is 2.12. The molecule has 1 aromatic heterocycles. The molecule has 0 spiro atoms. The van der Waals surface area contributed by atoms with Gasteiger partial charge in [-0.3, -0.25) is 4.98 Å². The minimum atomic E-state index is 0.189. The van der Waals surface area contributed by atoms with E-state index in [1.807, 2.05) is 24.3 Å². The van der Waals surface area contributed by atoms with E-state index in [4.69, 9.17) is 5.26 Å². The Hall–Kier alpha value is -2.41. The summed E-state index contributed by atoms with van der Waals surface area (Å²) >= 11 is 0. The van der Waals surface area contributed by atoms with Gasteiger partial charge in [0.15, 0.2) is 0 Å². The van der Waals surface area contributed by atoms with Crippen LogP contribution in [-0.2, 0) is 4.79 Å². The maximum absolute atomic E-state index is 10.8. The first-order valence-electron chi connectivity index (χ1n) is 6.81. The van der Waals surface area contributed by atoms with Crippen LogP contribution in [0.3, 0.4) is 0 Å². The highest BCUT2D eigenvalue weighted by molar-refractivity contribution is 5.95. The summed E-state index contributed by atoms with van der Waals surface area (Å²) < 4.78 is 0. The van der Waals surface area contributed by atoms with Crippen LogP contribution in [0.2, 0.25) is 0 Å². The van der Waals surface area contributed by atoms with Gasteiger partial charge in [-0.2, -0.15) is 5.26 Å². The molecule has 0 unspecified atom stereocenters. The lowest BCUT2D eigenvalue weighted by Gasteiger charge is -2.32. The highest BCUT2D eigenvalue weighted by Crippen LogP contribution is 2.30. The molecule has 1 aliphatic heterocycles. The normalized spacial score (nSPS) is 16.1. The number of hydrogen-bond donors (Lipinski definition) is 0. The molecule has 3 rings (SSSR count). The quantitative estimate of drug-likeness (QED) is 0.783. The molecule has 0 saturated carbocycles. The van der Waals surface area contributed by atoms with Gasteiger partial charge < -0.3 is 9.69 Å². The summed E-state index contributed by atoms with van der Waals surface area (Å²) in [5.41, 5.74) is 2.47. The third-order valence-electron chi connectivity index (χ3n) is 3.94. The van der Waals surface area contributed by atoms with Crippen molar-refractivity contribution in [2.75, 3.05) is 18.0 Å². The van der Waals surface area contributed by atoms with Gasteiger partial charge in [-0.25, -0.2) is 0 Å². The summed E-state index contributed by atoms with van der Waals surface area (Å²) in [5, 5.41) is 10.2. The van der Waals surface area contributed by atoms with Crippen LogP contribution >= 0.6 is 0 Å². The standard InChI is InChI=1S/C16H15N3O/c17-10-13-3-4-15(14-2-1-7-18-16(13)14)19-8-5-12(11-20)6-9-19/h1-4,7,11-12H,5-6,8-9H2.